The minimum atomic E-state index is -2.98. The van der Waals surface area contributed by atoms with Gasteiger partial charge < -0.3 is 5.32 Å². The van der Waals surface area contributed by atoms with Gasteiger partial charge in [-0.25, -0.2) is 13.1 Å². The average molecular weight is 232 g/mol. The van der Waals surface area contributed by atoms with Crippen LogP contribution in [0.4, 0.5) is 0 Å². The van der Waals surface area contributed by atoms with E-state index in [9.17, 15) is 8.42 Å². The zero-order valence-electron chi connectivity index (χ0n) is 9.04. The zero-order chi connectivity index (χ0) is 10.7. The SMILES string of the molecule is O=S(=O)(CC1CC1)NCCCNC1CC1. The van der Waals surface area contributed by atoms with E-state index in [-0.39, 0.29) is 0 Å². The van der Waals surface area contributed by atoms with E-state index >= 15 is 0 Å². The maximum atomic E-state index is 11.5. The van der Waals surface area contributed by atoms with Gasteiger partial charge in [0.1, 0.15) is 0 Å². The summed E-state index contributed by atoms with van der Waals surface area (Å²) in [5, 5.41) is 3.36. The van der Waals surface area contributed by atoms with E-state index in [1.165, 1.54) is 12.8 Å². The van der Waals surface area contributed by atoms with Gasteiger partial charge in [0.15, 0.2) is 0 Å². The molecule has 0 aromatic carbocycles. The third-order valence-electron chi connectivity index (χ3n) is 2.84. The normalized spacial score (nSPS) is 21.9. The molecule has 2 N–H and O–H groups in total. The first kappa shape index (κ1) is 11.4. The quantitative estimate of drug-likeness (QED) is 0.598. The van der Waals surface area contributed by atoms with Gasteiger partial charge in [-0.15, -0.1) is 0 Å². The molecule has 4 nitrogen and oxygen atoms in total. The van der Waals surface area contributed by atoms with Gasteiger partial charge in [0, 0.05) is 12.6 Å². The molecule has 2 rings (SSSR count). The molecule has 0 saturated heterocycles. The van der Waals surface area contributed by atoms with Crippen LogP contribution in [0.5, 0.6) is 0 Å². The molecule has 0 amide bonds. The van der Waals surface area contributed by atoms with Crippen LogP contribution < -0.4 is 10.0 Å². The Morgan fingerprint density at radius 1 is 1.07 bits per heavy atom. The van der Waals surface area contributed by atoms with Crippen LogP contribution in [0.3, 0.4) is 0 Å². The first-order chi connectivity index (χ1) is 7.16. The molecule has 0 unspecified atom stereocenters. The molecule has 0 heterocycles. The summed E-state index contributed by atoms with van der Waals surface area (Å²) < 4.78 is 25.6. The van der Waals surface area contributed by atoms with Gasteiger partial charge in [0.25, 0.3) is 0 Å². The molecule has 0 aliphatic heterocycles. The van der Waals surface area contributed by atoms with Crippen molar-refractivity contribution in [2.24, 2.45) is 5.92 Å². The van der Waals surface area contributed by atoms with Crippen molar-refractivity contribution in [3.8, 4) is 0 Å². The third kappa shape index (κ3) is 4.95. The van der Waals surface area contributed by atoms with E-state index in [0.29, 0.717) is 24.3 Å². The molecular weight excluding hydrogens is 212 g/mol. The Morgan fingerprint density at radius 2 is 1.80 bits per heavy atom. The second-order valence-electron chi connectivity index (χ2n) is 4.70. The number of rotatable bonds is 8. The molecule has 2 aliphatic carbocycles. The van der Waals surface area contributed by atoms with Crippen molar-refractivity contribution >= 4 is 10.0 Å². The number of hydrogen-bond acceptors (Lipinski definition) is 3. The summed E-state index contributed by atoms with van der Waals surface area (Å²) in [6.07, 6.45) is 5.63. The highest BCUT2D eigenvalue weighted by Gasteiger charge is 2.27. The number of sulfonamides is 1. The van der Waals surface area contributed by atoms with Crippen molar-refractivity contribution in [2.45, 2.75) is 38.1 Å². The molecule has 88 valence electrons. The van der Waals surface area contributed by atoms with E-state index in [0.717, 1.165) is 25.8 Å². The predicted molar refractivity (Wildman–Crippen MR) is 60.2 cm³/mol. The van der Waals surface area contributed by atoms with Crippen molar-refractivity contribution in [1.82, 2.24) is 10.0 Å². The van der Waals surface area contributed by atoms with Gasteiger partial charge in [-0.3, -0.25) is 0 Å². The van der Waals surface area contributed by atoms with E-state index in [2.05, 4.69) is 10.0 Å². The van der Waals surface area contributed by atoms with Crippen LogP contribution in [0.1, 0.15) is 32.1 Å². The molecule has 0 aromatic heterocycles. The van der Waals surface area contributed by atoms with Crippen molar-refractivity contribution in [3.63, 3.8) is 0 Å². The first-order valence-corrected chi connectivity index (χ1v) is 7.52. The van der Waals surface area contributed by atoms with E-state index in [1.54, 1.807) is 0 Å². The molecule has 0 spiro atoms. The molecular formula is C10H20N2O2S. The fraction of sp³-hybridized carbons (Fsp3) is 1.00. The van der Waals surface area contributed by atoms with Crippen LogP contribution in [0, 0.1) is 5.92 Å². The second-order valence-corrected chi connectivity index (χ2v) is 6.55. The Labute approximate surface area is 91.9 Å². The maximum Gasteiger partial charge on any atom is 0.211 e. The lowest BCUT2D eigenvalue weighted by Crippen LogP contribution is -2.30. The van der Waals surface area contributed by atoms with E-state index in [1.807, 2.05) is 0 Å². The highest BCUT2D eigenvalue weighted by atomic mass is 32.2. The van der Waals surface area contributed by atoms with E-state index in [4.69, 9.17) is 0 Å². The van der Waals surface area contributed by atoms with Gasteiger partial charge in [-0.2, -0.15) is 0 Å². The van der Waals surface area contributed by atoms with Crippen molar-refractivity contribution in [1.29, 1.82) is 0 Å². The van der Waals surface area contributed by atoms with Crippen molar-refractivity contribution < 1.29 is 8.42 Å². The van der Waals surface area contributed by atoms with Gasteiger partial charge in [-0.1, -0.05) is 0 Å². The van der Waals surface area contributed by atoms with Crippen LogP contribution in [-0.2, 0) is 10.0 Å². The molecule has 15 heavy (non-hydrogen) atoms. The largest absolute Gasteiger partial charge is 0.314 e. The lowest BCUT2D eigenvalue weighted by atomic mass is 10.4. The van der Waals surface area contributed by atoms with Crippen LogP contribution in [0.25, 0.3) is 0 Å². The number of nitrogens with one attached hydrogen (secondary N) is 2. The van der Waals surface area contributed by atoms with Crippen molar-refractivity contribution in [2.75, 3.05) is 18.8 Å². The lowest BCUT2D eigenvalue weighted by molar-refractivity contribution is 0.570. The molecule has 0 aromatic rings. The van der Waals surface area contributed by atoms with Gasteiger partial charge in [-0.05, 0) is 44.6 Å². The Hall–Kier alpha value is -0.130. The number of hydrogen-bond donors (Lipinski definition) is 2. The molecule has 2 saturated carbocycles. The fourth-order valence-electron chi connectivity index (χ4n) is 1.56. The standard InChI is InChI=1S/C10H20N2O2S/c13-15(14,8-9-2-3-9)12-7-1-6-11-10-4-5-10/h9-12H,1-8H2. The summed E-state index contributed by atoms with van der Waals surface area (Å²) in [4.78, 5) is 0. The first-order valence-electron chi connectivity index (χ1n) is 5.86. The lowest BCUT2D eigenvalue weighted by Gasteiger charge is -2.06. The van der Waals surface area contributed by atoms with Crippen LogP contribution in [-0.4, -0.2) is 33.3 Å². The summed E-state index contributed by atoms with van der Waals surface area (Å²) in [6.45, 7) is 1.51. The van der Waals surface area contributed by atoms with Crippen molar-refractivity contribution in [3.05, 3.63) is 0 Å². The molecule has 2 aliphatic rings. The smallest absolute Gasteiger partial charge is 0.211 e. The van der Waals surface area contributed by atoms with Gasteiger partial charge in [0.05, 0.1) is 5.75 Å². The van der Waals surface area contributed by atoms with Gasteiger partial charge >= 0.3 is 0 Å². The molecule has 0 radical (unpaired) electrons. The highest BCUT2D eigenvalue weighted by molar-refractivity contribution is 7.89. The monoisotopic (exact) mass is 232 g/mol. The van der Waals surface area contributed by atoms with E-state index < -0.39 is 10.0 Å². The minimum Gasteiger partial charge on any atom is -0.314 e. The zero-order valence-corrected chi connectivity index (χ0v) is 9.85. The molecule has 5 heteroatoms. The molecule has 0 atom stereocenters. The summed E-state index contributed by atoms with van der Waals surface area (Å²) >= 11 is 0. The maximum absolute atomic E-state index is 11.5. The Balaban J connectivity index is 1.51. The van der Waals surface area contributed by atoms with Crippen LogP contribution >= 0.6 is 0 Å². The Morgan fingerprint density at radius 3 is 2.40 bits per heavy atom. The summed E-state index contributed by atoms with van der Waals surface area (Å²) in [5.41, 5.74) is 0. The fourth-order valence-corrected chi connectivity index (χ4v) is 3.09. The molecule has 2 fully saturated rings. The Bertz CT molecular complexity index is 295. The topological polar surface area (TPSA) is 58.2 Å². The molecule has 0 bridgehead atoms. The van der Waals surface area contributed by atoms with Crippen LogP contribution in [0.15, 0.2) is 0 Å². The second kappa shape index (κ2) is 4.80. The summed E-state index contributed by atoms with van der Waals surface area (Å²) in [7, 11) is -2.98. The minimum absolute atomic E-state index is 0.336. The Kier molecular flexibility index (Phi) is 3.64. The third-order valence-corrected chi connectivity index (χ3v) is 4.39. The predicted octanol–water partition coefficient (Wildman–Crippen LogP) is 0.458. The summed E-state index contributed by atoms with van der Waals surface area (Å²) in [6, 6.07) is 0.716. The van der Waals surface area contributed by atoms with Crippen LogP contribution in [0.2, 0.25) is 0 Å². The summed E-state index contributed by atoms with van der Waals surface area (Å²) in [5.74, 6) is 0.773. The average Bonchev–Trinajstić information content (AvgIpc) is 2.96. The highest BCUT2D eigenvalue weighted by Crippen LogP contribution is 2.29. The van der Waals surface area contributed by atoms with Gasteiger partial charge in [0.2, 0.25) is 10.0 Å².